The van der Waals surface area contributed by atoms with E-state index in [4.69, 9.17) is 9.47 Å². The van der Waals surface area contributed by atoms with Gasteiger partial charge >= 0.3 is 0 Å². The molecule has 1 fully saturated rings. The Labute approximate surface area is 127 Å². The van der Waals surface area contributed by atoms with E-state index in [1.54, 1.807) is 24.3 Å². The minimum absolute atomic E-state index is 0.0773. The van der Waals surface area contributed by atoms with E-state index in [0.29, 0.717) is 18.8 Å². The van der Waals surface area contributed by atoms with Gasteiger partial charge in [-0.3, -0.25) is 9.59 Å². The third-order valence-corrected chi connectivity index (χ3v) is 3.89. The van der Waals surface area contributed by atoms with Gasteiger partial charge in [-0.15, -0.1) is 0 Å². The molecule has 0 aromatic heterocycles. The Bertz CT molecular complexity index is 658. The van der Waals surface area contributed by atoms with Crippen LogP contribution in [0, 0.1) is 0 Å². The van der Waals surface area contributed by atoms with Crippen LogP contribution >= 0.6 is 0 Å². The maximum Gasteiger partial charge on any atom is 0.234 e. The van der Waals surface area contributed by atoms with Crippen LogP contribution in [0.15, 0.2) is 29.8 Å². The summed E-state index contributed by atoms with van der Waals surface area (Å²) in [5.41, 5.74) is 0.247. The fourth-order valence-corrected chi connectivity index (χ4v) is 2.62. The molecule has 1 aromatic rings. The van der Waals surface area contributed by atoms with E-state index in [9.17, 15) is 14.7 Å². The van der Waals surface area contributed by atoms with Crippen molar-refractivity contribution in [2.75, 3.05) is 26.6 Å². The molecule has 0 bridgehead atoms. The Morgan fingerprint density at radius 3 is 2.45 bits per heavy atom. The molecule has 0 atom stereocenters. The zero-order valence-electron chi connectivity index (χ0n) is 12.2. The first kappa shape index (κ1) is 14.9. The number of aliphatic hydroxyl groups excluding tert-OH is 1. The van der Waals surface area contributed by atoms with Crippen LogP contribution in [0.1, 0.15) is 22.8 Å². The van der Waals surface area contributed by atoms with E-state index in [0.717, 1.165) is 0 Å². The van der Waals surface area contributed by atoms with Crippen LogP contribution in [0.4, 0.5) is 0 Å². The van der Waals surface area contributed by atoms with Crippen molar-refractivity contribution >= 4 is 17.3 Å². The summed E-state index contributed by atoms with van der Waals surface area (Å²) >= 11 is 0. The van der Waals surface area contributed by atoms with Crippen molar-refractivity contribution in [2.24, 2.45) is 0 Å². The lowest BCUT2D eigenvalue weighted by Crippen LogP contribution is -2.54. The summed E-state index contributed by atoms with van der Waals surface area (Å²) in [5.74, 6) is -1.41. The minimum Gasteiger partial charge on any atom is -0.507 e. The molecular weight excluding hydrogens is 286 g/mol. The van der Waals surface area contributed by atoms with Crippen LogP contribution in [0.25, 0.3) is 5.76 Å². The van der Waals surface area contributed by atoms with Crippen molar-refractivity contribution in [2.45, 2.75) is 12.5 Å². The molecule has 116 valence electrons. The van der Waals surface area contributed by atoms with E-state index < -0.39 is 17.1 Å². The highest BCUT2D eigenvalue weighted by molar-refractivity contribution is 6.52. The van der Waals surface area contributed by atoms with Gasteiger partial charge in [0.2, 0.25) is 11.6 Å². The number of nitrogens with one attached hydrogen (secondary N) is 1. The predicted octanol–water partition coefficient (Wildman–Crippen LogP) is 1.07. The second-order valence-corrected chi connectivity index (χ2v) is 5.76. The average molecular weight is 303 g/mol. The molecular formula is C16H17NO5. The van der Waals surface area contributed by atoms with Gasteiger partial charge in [0, 0.05) is 17.7 Å². The number of carbonyl (C=O) groups is 2. The Morgan fingerprint density at radius 1 is 1.14 bits per heavy atom. The third-order valence-electron chi connectivity index (χ3n) is 3.89. The number of aliphatic hydroxyl groups is 1. The van der Waals surface area contributed by atoms with Gasteiger partial charge in [0.1, 0.15) is 12.6 Å². The van der Waals surface area contributed by atoms with Crippen molar-refractivity contribution in [1.82, 2.24) is 5.32 Å². The van der Waals surface area contributed by atoms with Crippen molar-refractivity contribution in [3.8, 4) is 0 Å². The van der Waals surface area contributed by atoms with Crippen molar-refractivity contribution in [1.29, 1.82) is 0 Å². The molecule has 1 saturated heterocycles. The van der Waals surface area contributed by atoms with Gasteiger partial charge in [0.25, 0.3) is 0 Å². The zero-order chi connectivity index (χ0) is 15.7. The molecule has 2 aliphatic rings. The molecule has 1 aliphatic heterocycles. The summed E-state index contributed by atoms with van der Waals surface area (Å²) in [6.07, 6.45) is 0. The summed E-state index contributed by atoms with van der Waals surface area (Å²) in [6, 6.07) is 6.55. The van der Waals surface area contributed by atoms with Gasteiger partial charge < -0.3 is 19.9 Å². The normalized spacial score (nSPS) is 21.0. The topological polar surface area (TPSA) is 84.9 Å². The number of ketones is 2. The van der Waals surface area contributed by atoms with Gasteiger partial charge in [-0.05, 0) is 6.92 Å². The smallest absolute Gasteiger partial charge is 0.234 e. The molecule has 6 nitrogen and oxygen atoms in total. The van der Waals surface area contributed by atoms with E-state index in [-0.39, 0.29) is 30.2 Å². The molecule has 0 unspecified atom stereocenters. The molecule has 0 radical (unpaired) electrons. The van der Waals surface area contributed by atoms with Gasteiger partial charge in [-0.2, -0.15) is 0 Å². The molecule has 0 saturated carbocycles. The molecule has 6 heteroatoms. The largest absolute Gasteiger partial charge is 0.507 e. The first-order valence-corrected chi connectivity index (χ1v) is 7.03. The van der Waals surface area contributed by atoms with Gasteiger partial charge in [-0.25, -0.2) is 0 Å². The maximum absolute atomic E-state index is 12.2. The number of fused-ring (bicyclic) bond motifs is 1. The van der Waals surface area contributed by atoms with E-state index in [2.05, 4.69) is 5.32 Å². The monoisotopic (exact) mass is 303 g/mol. The number of rotatable bonds is 3. The number of ether oxygens (including phenoxy) is 2. The molecule has 22 heavy (non-hydrogen) atoms. The number of hydrogen-bond acceptors (Lipinski definition) is 6. The van der Waals surface area contributed by atoms with Gasteiger partial charge in [-0.1, -0.05) is 24.3 Å². The first-order chi connectivity index (χ1) is 10.5. The highest BCUT2D eigenvalue weighted by Crippen LogP contribution is 2.27. The molecule has 1 heterocycles. The Hall–Kier alpha value is -2.02. The highest BCUT2D eigenvalue weighted by Gasteiger charge is 2.35. The summed E-state index contributed by atoms with van der Waals surface area (Å²) in [4.78, 5) is 24.3. The van der Waals surface area contributed by atoms with Crippen LogP contribution in [-0.2, 0) is 14.3 Å². The fraction of sp³-hybridized carbons (Fsp3) is 0.375. The summed E-state index contributed by atoms with van der Waals surface area (Å²) in [7, 11) is 0. The quantitative estimate of drug-likeness (QED) is 0.813. The van der Waals surface area contributed by atoms with Crippen molar-refractivity contribution in [3.05, 3.63) is 41.0 Å². The van der Waals surface area contributed by atoms with E-state index in [1.165, 1.54) is 0 Å². The van der Waals surface area contributed by atoms with E-state index >= 15 is 0 Å². The molecule has 1 aromatic carbocycles. The number of carbonyl (C=O) groups excluding carboxylic acids is 2. The van der Waals surface area contributed by atoms with Gasteiger partial charge in [0.05, 0.1) is 24.3 Å². The van der Waals surface area contributed by atoms with Crippen LogP contribution in [0.3, 0.4) is 0 Å². The zero-order valence-corrected chi connectivity index (χ0v) is 12.2. The molecule has 1 aliphatic carbocycles. The minimum atomic E-state index is -0.676. The molecule has 3 rings (SSSR count). The lowest BCUT2D eigenvalue weighted by molar-refractivity contribution is -0.138. The average Bonchev–Trinajstić information content (AvgIpc) is 2.53. The lowest BCUT2D eigenvalue weighted by atomic mass is 9.88. The highest BCUT2D eigenvalue weighted by atomic mass is 16.7. The summed E-state index contributed by atoms with van der Waals surface area (Å²) in [6.45, 7) is 3.08. The Morgan fingerprint density at radius 2 is 1.77 bits per heavy atom. The maximum atomic E-state index is 12.2. The van der Waals surface area contributed by atoms with Crippen molar-refractivity contribution in [3.63, 3.8) is 0 Å². The van der Waals surface area contributed by atoms with Crippen molar-refractivity contribution < 1.29 is 24.2 Å². The SMILES string of the molecule is CC1(NCC2=C(O)c3ccccc3C(=O)C2=O)COCOC1. The second kappa shape index (κ2) is 5.64. The number of Topliss-reactive ketones (excluding diaryl/α,β-unsaturated/α-hetero) is 2. The lowest BCUT2D eigenvalue weighted by Gasteiger charge is -2.34. The number of hydrogen-bond donors (Lipinski definition) is 2. The van der Waals surface area contributed by atoms with Crippen LogP contribution in [-0.4, -0.2) is 48.8 Å². The first-order valence-electron chi connectivity index (χ1n) is 7.03. The predicted molar refractivity (Wildman–Crippen MR) is 78.5 cm³/mol. The summed E-state index contributed by atoms with van der Waals surface area (Å²) < 4.78 is 10.5. The molecule has 2 N–H and O–H groups in total. The summed E-state index contributed by atoms with van der Waals surface area (Å²) in [5, 5.41) is 13.5. The second-order valence-electron chi connectivity index (χ2n) is 5.76. The van der Waals surface area contributed by atoms with Crippen LogP contribution in [0.2, 0.25) is 0 Å². The Kier molecular flexibility index (Phi) is 3.82. The third kappa shape index (κ3) is 2.56. The van der Waals surface area contributed by atoms with Crippen LogP contribution in [0.5, 0.6) is 0 Å². The Balaban J connectivity index is 1.86. The van der Waals surface area contributed by atoms with Gasteiger partial charge in [0.15, 0.2) is 0 Å². The number of benzene rings is 1. The molecule has 0 amide bonds. The van der Waals surface area contributed by atoms with E-state index in [1.807, 2.05) is 6.92 Å². The van der Waals surface area contributed by atoms with Crippen LogP contribution < -0.4 is 5.32 Å². The molecule has 0 spiro atoms. The standard InChI is InChI=1S/C16H17NO5/c1-16(7-21-9-22-8-16)17-6-12-13(18)10-4-2-3-5-11(10)14(19)15(12)20/h2-5,17-18H,6-9H2,1H3. The fourth-order valence-electron chi connectivity index (χ4n) is 2.62.